The van der Waals surface area contributed by atoms with E-state index in [1.165, 1.54) is 12.1 Å². The summed E-state index contributed by atoms with van der Waals surface area (Å²) in [6.07, 6.45) is 1.44. The summed E-state index contributed by atoms with van der Waals surface area (Å²) in [6, 6.07) is 6.30. The van der Waals surface area contributed by atoms with Crippen molar-refractivity contribution in [1.82, 2.24) is 4.90 Å². The number of hydrogen-bond acceptors (Lipinski definition) is 6. The Balaban J connectivity index is 1.82. The molecule has 1 saturated heterocycles. The molecule has 1 aromatic rings. The molecule has 0 aromatic heterocycles. The third kappa shape index (κ3) is 4.91. The Hall–Kier alpha value is -2.17. The Morgan fingerprint density at radius 2 is 2.13 bits per heavy atom. The van der Waals surface area contributed by atoms with Gasteiger partial charge in [0.2, 0.25) is 0 Å². The topological polar surface area (TPSA) is 91.4 Å². The molecule has 1 aromatic carbocycles. The lowest BCUT2D eigenvalue weighted by molar-refractivity contribution is -0.384. The number of nitriles is 1. The van der Waals surface area contributed by atoms with Crippen LogP contribution in [0, 0.1) is 21.4 Å². The summed E-state index contributed by atoms with van der Waals surface area (Å²) >= 11 is 0. The molecule has 7 nitrogen and oxygen atoms in total. The van der Waals surface area contributed by atoms with Crippen molar-refractivity contribution in [2.24, 2.45) is 0 Å². The lowest BCUT2D eigenvalue weighted by atomic mass is 10.1. The molecule has 0 saturated carbocycles. The molecule has 0 amide bonds. The van der Waals surface area contributed by atoms with Gasteiger partial charge in [0.05, 0.1) is 28.4 Å². The fourth-order valence-corrected chi connectivity index (χ4v) is 2.89. The molecule has 1 fully saturated rings. The van der Waals surface area contributed by atoms with Crippen LogP contribution < -0.4 is 5.32 Å². The number of nitro groups is 1. The van der Waals surface area contributed by atoms with E-state index >= 15 is 0 Å². The molecule has 1 heterocycles. The maximum atomic E-state index is 10.7. The van der Waals surface area contributed by atoms with Gasteiger partial charge in [0.15, 0.2) is 0 Å². The molecule has 124 valence electrons. The quantitative estimate of drug-likeness (QED) is 0.492. The number of ether oxygens (including phenoxy) is 1. The van der Waals surface area contributed by atoms with E-state index < -0.39 is 4.92 Å². The van der Waals surface area contributed by atoms with Crippen LogP contribution in [-0.2, 0) is 4.74 Å². The SMILES string of the molecule is CC1CN(CCCNc2ccc([N+](=O)[O-])cc2C#N)CC(C)O1. The van der Waals surface area contributed by atoms with Gasteiger partial charge in [0, 0.05) is 38.3 Å². The average molecular weight is 318 g/mol. The standard InChI is InChI=1S/C16H22N4O3/c1-12-10-19(11-13(2)23-12)7-3-6-18-16-5-4-15(20(21)22)8-14(16)9-17/h4-5,8,12-13,18H,3,6-7,10-11H2,1-2H3. The van der Waals surface area contributed by atoms with Crippen molar-refractivity contribution >= 4 is 11.4 Å². The Morgan fingerprint density at radius 1 is 1.43 bits per heavy atom. The van der Waals surface area contributed by atoms with Gasteiger partial charge in [-0.25, -0.2) is 0 Å². The van der Waals surface area contributed by atoms with Crippen LogP contribution in [0.4, 0.5) is 11.4 Å². The number of nitrogens with zero attached hydrogens (tertiary/aromatic N) is 3. The molecule has 0 aliphatic carbocycles. The zero-order valence-corrected chi connectivity index (χ0v) is 13.5. The van der Waals surface area contributed by atoms with Crippen LogP contribution in [0.25, 0.3) is 0 Å². The second-order valence-electron chi connectivity index (χ2n) is 5.90. The molecule has 2 unspecified atom stereocenters. The zero-order chi connectivity index (χ0) is 16.8. The van der Waals surface area contributed by atoms with Crippen LogP contribution in [0.5, 0.6) is 0 Å². The monoisotopic (exact) mass is 318 g/mol. The molecule has 7 heteroatoms. The zero-order valence-electron chi connectivity index (χ0n) is 13.5. The smallest absolute Gasteiger partial charge is 0.270 e. The molecule has 0 radical (unpaired) electrons. The van der Waals surface area contributed by atoms with Crippen LogP contribution in [0.2, 0.25) is 0 Å². The van der Waals surface area contributed by atoms with Crippen molar-refractivity contribution < 1.29 is 9.66 Å². The van der Waals surface area contributed by atoms with Gasteiger partial charge in [-0.1, -0.05) is 0 Å². The van der Waals surface area contributed by atoms with Crippen LogP contribution in [0.3, 0.4) is 0 Å². The van der Waals surface area contributed by atoms with Gasteiger partial charge in [-0.15, -0.1) is 0 Å². The van der Waals surface area contributed by atoms with Crippen molar-refractivity contribution in [3.63, 3.8) is 0 Å². The number of morpholine rings is 1. The summed E-state index contributed by atoms with van der Waals surface area (Å²) in [7, 11) is 0. The molecule has 2 rings (SSSR count). The fraction of sp³-hybridized carbons (Fsp3) is 0.562. The maximum absolute atomic E-state index is 10.7. The van der Waals surface area contributed by atoms with Gasteiger partial charge >= 0.3 is 0 Å². The molecule has 1 aliphatic rings. The molecule has 23 heavy (non-hydrogen) atoms. The van der Waals surface area contributed by atoms with E-state index in [2.05, 4.69) is 24.1 Å². The maximum Gasteiger partial charge on any atom is 0.270 e. The highest BCUT2D eigenvalue weighted by Crippen LogP contribution is 2.21. The largest absolute Gasteiger partial charge is 0.384 e. The predicted molar refractivity (Wildman–Crippen MR) is 87.4 cm³/mol. The molecule has 0 spiro atoms. The van der Waals surface area contributed by atoms with Crippen molar-refractivity contribution in [3.8, 4) is 6.07 Å². The highest BCUT2D eigenvalue weighted by atomic mass is 16.6. The highest BCUT2D eigenvalue weighted by Gasteiger charge is 2.21. The van der Waals surface area contributed by atoms with E-state index in [1.807, 2.05) is 6.07 Å². The predicted octanol–water partition coefficient (Wildman–Crippen LogP) is 2.38. The van der Waals surface area contributed by atoms with E-state index in [-0.39, 0.29) is 17.9 Å². The lowest BCUT2D eigenvalue weighted by Gasteiger charge is -2.35. The van der Waals surface area contributed by atoms with Crippen molar-refractivity contribution in [3.05, 3.63) is 33.9 Å². The summed E-state index contributed by atoms with van der Waals surface area (Å²) in [4.78, 5) is 12.6. The number of non-ortho nitro benzene ring substituents is 1. The first-order valence-corrected chi connectivity index (χ1v) is 7.80. The van der Waals surface area contributed by atoms with E-state index in [4.69, 9.17) is 10.00 Å². The minimum atomic E-state index is -0.495. The van der Waals surface area contributed by atoms with Crippen molar-refractivity contribution in [2.75, 3.05) is 31.5 Å². The Labute approximate surface area is 136 Å². The Kier molecular flexibility index (Phi) is 5.90. The Morgan fingerprint density at radius 3 is 2.74 bits per heavy atom. The normalized spacial score (nSPS) is 21.6. The first kappa shape index (κ1) is 17.2. The lowest BCUT2D eigenvalue weighted by Crippen LogP contribution is -2.45. The van der Waals surface area contributed by atoms with Gasteiger partial charge in [-0.05, 0) is 26.3 Å². The number of benzene rings is 1. The second-order valence-corrected chi connectivity index (χ2v) is 5.90. The van der Waals surface area contributed by atoms with E-state index in [9.17, 15) is 10.1 Å². The van der Waals surface area contributed by atoms with Crippen LogP contribution >= 0.6 is 0 Å². The summed E-state index contributed by atoms with van der Waals surface area (Å²) in [6.45, 7) is 7.71. The molecular formula is C16H22N4O3. The number of rotatable bonds is 6. The number of anilines is 1. The number of hydrogen-bond donors (Lipinski definition) is 1. The minimum Gasteiger partial charge on any atom is -0.384 e. The van der Waals surface area contributed by atoms with Gasteiger partial charge in [0.1, 0.15) is 6.07 Å². The fourth-order valence-electron chi connectivity index (χ4n) is 2.89. The number of nitrogens with one attached hydrogen (secondary N) is 1. The third-order valence-corrected chi connectivity index (χ3v) is 3.80. The van der Waals surface area contributed by atoms with Crippen molar-refractivity contribution in [1.29, 1.82) is 5.26 Å². The molecule has 0 bridgehead atoms. The van der Waals surface area contributed by atoms with Crippen LogP contribution in [0.1, 0.15) is 25.8 Å². The number of nitro benzene ring substituents is 1. The van der Waals surface area contributed by atoms with E-state index in [0.29, 0.717) is 17.8 Å². The molecule has 1 N–H and O–H groups in total. The summed E-state index contributed by atoms with van der Waals surface area (Å²) in [5.74, 6) is 0. The summed E-state index contributed by atoms with van der Waals surface area (Å²) in [5.41, 5.74) is 0.873. The third-order valence-electron chi connectivity index (χ3n) is 3.80. The van der Waals surface area contributed by atoms with Crippen LogP contribution in [-0.4, -0.2) is 48.2 Å². The second kappa shape index (κ2) is 7.90. The van der Waals surface area contributed by atoms with E-state index in [1.54, 1.807) is 6.07 Å². The van der Waals surface area contributed by atoms with Gasteiger partial charge < -0.3 is 10.1 Å². The summed E-state index contributed by atoms with van der Waals surface area (Å²) in [5, 5.41) is 23.0. The van der Waals surface area contributed by atoms with Crippen molar-refractivity contribution in [2.45, 2.75) is 32.5 Å². The summed E-state index contributed by atoms with van der Waals surface area (Å²) < 4.78 is 5.70. The van der Waals surface area contributed by atoms with E-state index in [0.717, 1.165) is 26.1 Å². The van der Waals surface area contributed by atoms with Gasteiger partial charge in [-0.2, -0.15) is 5.26 Å². The minimum absolute atomic E-state index is 0.0663. The Bertz CT molecular complexity index is 589. The van der Waals surface area contributed by atoms with Gasteiger partial charge in [-0.3, -0.25) is 15.0 Å². The molecule has 2 atom stereocenters. The van der Waals surface area contributed by atoms with Crippen LogP contribution in [0.15, 0.2) is 18.2 Å². The molecular weight excluding hydrogens is 296 g/mol. The first-order valence-electron chi connectivity index (χ1n) is 7.80. The average Bonchev–Trinajstić information content (AvgIpc) is 2.50. The first-order chi connectivity index (χ1) is 11.0. The van der Waals surface area contributed by atoms with Gasteiger partial charge in [0.25, 0.3) is 5.69 Å². The molecule has 1 aliphatic heterocycles. The highest BCUT2D eigenvalue weighted by molar-refractivity contribution is 5.61.